The van der Waals surface area contributed by atoms with Crippen molar-refractivity contribution in [2.45, 2.75) is 45.8 Å². The number of hydrogen-bond donors (Lipinski definition) is 1. The van der Waals surface area contributed by atoms with E-state index >= 15 is 0 Å². The number of morpholine rings is 1. The molecule has 0 amide bonds. The molecular formula is C15H28N4O2. The molecule has 2 heterocycles. The average molecular weight is 296 g/mol. The third-order valence-corrected chi connectivity index (χ3v) is 3.71. The lowest BCUT2D eigenvalue weighted by Crippen LogP contribution is -2.35. The summed E-state index contributed by atoms with van der Waals surface area (Å²) in [6.45, 7) is 10.0. The summed E-state index contributed by atoms with van der Waals surface area (Å²) in [5.74, 6) is 2.02. The first-order valence-electron chi connectivity index (χ1n) is 7.94. The van der Waals surface area contributed by atoms with E-state index in [0.717, 1.165) is 39.1 Å². The zero-order valence-corrected chi connectivity index (χ0v) is 13.6. The summed E-state index contributed by atoms with van der Waals surface area (Å²) < 4.78 is 11.1. The van der Waals surface area contributed by atoms with Crippen LogP contribution in [0.15, 0.2) is 4.52 Å². The molecule has 0 saturated carbocycles. The number of rotatable bonds is 7. The lowest BCUT2D eigenvalue weighted by molar-refractivity contribution is -0.0264. The fourth-order valence-corrected chi connectivity index (χ4v) is 2.72. The number of ether oxygens (including phenoxy) is 1. The third kappa shape index (κ3) is 5.05. The van der Waals surface area contributed by atoms with Gasteiger partial charge >= 0.3 is 0 Å². The minimum Gasteiger partial charge on any atom is -0.367 e. The molecule has 0 aromatic carbocycles. The van der Waals surface area contributed by atoms with Gasteiger partial charge < -0.3 is 19.5 Å². The molecular weight excluding hydrogens is 268 g/mol. The number of hydrogen-bond acceptors (Lipinski definition) is 6. The second-order valence-electron chi connectivity index (χ2n) is 6.26. The van der Waals surface area contributed by atoms with Crippen LogP contribution in [0.25, 0.3) is 0 Å². The lowest BCUT2D eigenvalue weighted by Gasteiger charge is -2.27. The number of aromatic nitrogens is 2. The van der Waals surface area contributed by atoms with Gasteiger partial charge in [-0.25, -0.2) is 0 Å². The molecule has 1 aliphatic heterocycles. The van der Waals surface area contributed by atoms with Crippen molar-refractivity contribution in [3.63, 3.8) is 0 Å². The zero-order chi connectivity index (χ0) is 15.2. The topological polar surface area (TPSA) is 63.4 Å². The van der Waals surface area contributed by atoms with E-state index in [1.807, 2.05) is 0 Å². The monoisotopic (exact) mass is 296 g/mol. The molecule has 1 saturated heterocycles. The standard InChI is InChI=1S/C15H28N4O2/c1-5-16-12(8-11(2)3)9-14-17-15(18-21-14)13-10-19(4)6-7-20-13/h11-13,16H,5-10H2,1-4H3. The highest BCUT2D eigenvalue weighted by molar-refractivity contribution is 4.95. The highest BCUT2D eigenvalue weighted by Crippen LogP contribution is 2.19. The van der Waals surface area contributed by atoms with Crippen LogP contribution in [0, 0.1) is 5.92 Å². The molecule has 0 bridgehead atoms. The highest BCUT2D eigenvalue weighted by atomic mass is 16.5. The summed E-state index contributed by atoms with van der Waals surface area (Å²) in [7, 11) is 2.08. The molecule has 2 unspecified atom stereocenters. The van der Waals surface area contributed by atoms with E-state index in [9.17, 15) is 0 Å². The van der Waals surface area contributed by atoms with E-state index in [-0.39, 0.29) is 6.10 Å². The zero-order valence-electron chi connectivity index (χ0n) is 13.6. The van der Waals surface area contributed by atoms with Crippen LogP contribution in [0.1, 0.15) is 45.0 Å². The smallest absolute Gasteiger partial charge is 0.228 e. The number of likely N-dealkylation sites (N-methyl/N-ethyl adjacent to an activating group) is 2. The Hall–Kier alpha value is -0.980. The van der Waals surface area contributed by atoms with Crippen molar-refractivity contribution in [1.29, 1.82) is 0 Å². The predicted molar refractivity (Wildman–Crippen MR) is 81.1 cm³/mol. The Labute approximate surface area is 127 Å². The van der Waals surface area contributed by atoms with Gasteiger partial charge in [-0.15, -0.1) is 0 Å². The second-order valence-corrected chi connectivity index (χ2v) is 6.26. The molecule has 6 nitrogen and oxygen atoms in total. The fraction of sp³-hybridized carbons (Fsp3) is 0.867. The van der Waals surface area contributed by atoms with Crippen molar-refractivity contribution in [3.05, 3.63) is 11.7 Å². The van der Waals surface area contributed by atoms with E-state index in [0.29, 0.717) is 23.7 Å². The van der Waals surface area contributed by atoms with Gasteiger partial charge in [0.15, 0.2) is 0 Å². The Morgan fingerprint density at radius 1 is 1.43 bits per heavy atom. The van der Waals surface area contributed by atoms with Gasteiger partial charge in [-0.05, 0) is 25.9 Å². The van der Waals surface area contributed by atoms with Crippen molar-refractivity contribution in [2.75, 3.05) is 33.3 Å². The molecule has 1 fully saturated rings. The quantitative estimate of drug-likeness (QED) is 0.825. The maximum absolute atomic E-state index is 5.72. The summed E-state index contributed by atoms with van der Waals surface area (Å²) in [6, 6.07) is 0.387. The highest BCUT2D eigenvalue weighted by Gasteiger charge is 2.25. The largest absolute Gasteiger partial charge is 0.367 e. The van der Waals surface area contributed by atoms with Crippen molar-refractivity contribution in [3.8, 4) is 0 Å². The molecule has 1 aliphatic rings. The molecule has 1 aromatic heterocycles. The first kappa shape index (κ1) is 16.4. The Morgan fingerprint density at radius 3 is 2.90 bits per heavy atom. The van der Waals surface area contributed by atoms with Crippen LogP contribution in [0.5, 0.6) is 0 Å². The summed E-state index contributed by atoms with van der Waals surface area (Å²) >= 11 is 0. The van der Waals surface area contributed by atoms with Gasteiger partial charge in [0.25, 0.3) is 0 Å². The van der Waals surface area contributed by atoms with Gasteiger partial charge in [0, 0.05) is 25.6 Å². The van der Waals surface area contributed by atoms with Crippen LogP contribution in [0.2, 0.25) is 0 Å². The maximum Gasteiger partial charge on any atom is 0.228 e. The van der Waals surface area contributed by atoms with Crippen LogP contribution >= 0.6 is 0 Å². The van der Waals surface area contributed by atoms with Crippen molar-refractivity contribution < 1.29 is 9.26 Å². The molecule has 0 radical (unpaired) electrons. The van der Waals surface area contributed by atoms with E-state index in [4.69, 9.17) is 9.26 Å². The fourth-order valence-electron chi connectivity index (χ4n) is 2.72. The maximum atomic E-state index is 5.72. The second kappa shape index (κ2) is 7.87. The molecule has 120 valence electrons. The summed E-state index contributed by atoms with van der Waals surface area (Å²) in [5, 5.41) is 7.59. The van der Waals surface area contributed by atoms with Crippen molar-refractivity contribution in [1.82, 2.24) is 20.4 Å². The SMILES string of the molecule is CCNC(Cc1nc(C2CN(C)CCO2)no1)CC(C)C. The van der Waals surface area contributed by atoms with Crippen molar-refractivity contribution >= 4 is 0 Å². The van der Waals surface area contributed by atoms with Gasteiger partial charge in [-0.3, -0.25) is 0 Å². The Morgan fingerprint density at radius 2 is 2.24 bits per heavy atom. The normalized spacial score (nSPS) is 21.9. The van der Waals surface area contributed by atoms with Crippen LogP contribution in [0.3, 0.4) is 0 Å². The molecule has 2 rings (SSSR count). The molecule has 21 heavy (non-hydrogen) atoms. The minimum absolute atomic E-state index is 0.0658. The van der Waals surface area contributed by atoms with Gasteiger partial charge in [0.1, 0.15) is 6.10 Å². The van der Waals surface area contributed by atoms with Crippen LogP contribution in [-0.2, 0) is 11.2 Å². The van der Waals surface area contributed by atoms with Gasteiger partial charge in [-0.2, -0.15) is 4.98 Å². The summed E-state index contributed by atoms with van der Waals surface area (Å²) in [6.07, 6.45) is 1.82. The van der Waals surface area contributed by atoms with Crippen LogP contribution in [0.4, 0.5) is 0 Å². The first-order valence-corrected chi connectivity index (χ1v) is 7.94. The molecule has 6 heteroatoms. The Kier molecular flexibility index (Phi) is 6.14. The van der Waals surface area contributed by atoms with Crippen LogP contribution in [-0.4, -0.2) is 54.4 Å². The van der Waals surface area contributed by atoms with Crippen molar-refractivity contribution in [2.24, 2.45) is 5.92 Å². The number of nitrogens with zero attached hydrogens (tertiary/aromatic N) is 3. The molecule has 1 aromatic rings. The molecule has 2 atom stereocenters. The molecule has 0 aliphatic carbocycles. The third-order valence-electron chi connectivity index (χ3n) is 3.71. The first-order chi connectivity index (χ1) is 10.1. The minimum atomic E-state index is -0.0658. The van der Waals surface area contributed by atoms with Gasteiger partial charge in [0.2, 0.25) is 11.7 Å². The van der Waals surface area contributed by atoms with E-state index in [1.54, 1.807) is 0 Å². The van der Waals surface area contributed by atoms with E-state index in [2.05, 4.69) is 48.2 Å². The van der Waals surface area contributed by atoms with Gasteiger partial charge in [0.05, 0.1) is 6.61 Å². The predicted octanol–water partition coefficient (Wildman–Crippen LogP) is 1.64. The molecule has 0 spiro atoms. The van der Waals surface area contributed by atoms with Gasteiger partial charge in [-0.1, -0.05) is 25.9 Å². The molecule has 1 N–H and O–H groups in total. The Bertz CT molecular complexity index is 422. The summed E-state index contributed by atoms with van der Waals surface area (Å²) in [4.78, 5) is 6.75. The average Bonchev–Trinajstić information content (AvgIpc) is 2.87. The van der Waals surface area contributed by atoms with E-state index in [1.165, 1.54) is 0 Å². The summed E-state index contributed by atoms with van der Waals surface area (Å²) in [5.41, 5.74) is 0. The lowest BCUT2D eigenvalue weighted by atomic mass is 10.0. The van der Waals surface area contributed by atoms with E-state index < -0.39 is 0 Å². The number of nitrogens with one attached hydrogen (secondary N) is 1. The Balaban J connectivity index is 1.94. The van der Waals surface area contributed by atoms with Crippen LogP contribution < -0.4 is 5.32 Å².